The maximum absolute atomic E-state index is 12.2. The van der Waals surface area contributed by atoms with Crippen molar-refractivity contribution in [2.24, 2.45) is 11.7 Å². The average Bonchev–Trinajstić information content (AvgIpc) is 2.96. The summed E-state index contributed by atoms with van der Waals surface area (Å²) in [7, 11) is 0. The van der Waals surface area contributed by atoms with E-state index in [1.165, 1.54) is 0 Å². The van der Waals surface area contributed by atoms with Crippen molar-refractivity contribution in [3.63, 3.8) is 0 Å². The van der Waals surface area contributed by atoms with E-state index in [-0.39, 0.29) is 23.8 Å². The number of para-hydroxylation sites is 1. The van der Waals surface area contributed by atoms with Gasteiger partial charge in [0.1, 0.15) is 5.75 Å². The predicted octanol–water partition coefficient (Wildman–Crippen LogP) is 0.434. The van der Waals surface area contributed by atoms with Gasteiger partial charge >= 0.3 is 0 Å². The minimum atomic E-state index is -0.277. The van der Waals surface area contributed by atoms with Gasteiger partial charge in [0.05, 0.1) is 25.1 Å². The number of likely N-dealkylation sites (tertiary alicyclic amines) is 1. The third-order valence-electron chi connectivity index (χ3n) is 4.34. The Morgan fingerprint density at radius 3 is 2.91 bits per heavy atom. The molecule has 0 saturated carbocycles. The molecule has 0 spiro atoms. The van der Waals surface area contributed by atoms with Crippen molar-refractivity contribution in [1.29, 1.82) is 0 Å². The molecule has 6 nitrogen and oxygen atoms in total. The second-order valence-corrected chi connectivity index (χ2v) is 5.92. The number of primary amides is 1. The van der Waals surface area contributed by atoms with Gasteiger partial charge in [0.2, 0.25) is 11.8 Å². The highest BCUT2D eigenvalue weighted by atomic mass is 16.5. The highest BCUT2D eigenvalue weighted by molar-refractivity contribution is 5.80. The number of benzene rings is 1. The number of hydrogen-bond donors (Lipinski definition) is 2. The number of ether oxygens (including phenoxy) is 1. The molecule has 0 radical (unpaired) electrons. The summed E-state index contributed by atoms with van der Waals surface area (Å²) in [5.74, 6) is 0.415. The SMILES string of the molecule is NC(=O)[C@@H]1CCN(CC(=O)N[C@H]2CCOc3ccccc32)C1. The van der Waals surface area contributed by atoms with E-state index in [1.54, 1.807) is 0 Å². The largest absolute Gasteiger partial charge is 0.493 e. The summed E-state index contributed by atoms with van der Waals surface area (Å²) in [6, 6.07) is 7.78. The molecule has 0 bridgehead atoms. The summed E-state index contributed by atoms with van der Waals surface area (Å²) in [6.07, 6.45) is 1.51. The number of fused-ring (bicyclic) bond motifs is 1. The molecule has 2 aliphatic heterocycles. The molecule has 3 N–H and O–H groups in total. The molecule has 0 unspecified atom stereocenters. The normalized spacial score (nSPS) is 24.4. The molecule has 22 heavy (non-hydrogen) atoms. The van der Waals surface area contributed by atoms with Crippen LogP contribution < -0.4 is 15.8 Å². The zero-order valence-corrected chi connectivity index (χ0v) is 12.5. The van der Waals surface area contributed by atoms with Gasteiger partial charge in [-0.05, 0) is 19.0 Å². The van der Waals surface area contributed by atoms with Crippen molar-refractivity contribution >= 4 is 11.8 Å². The van der Waals surface area contributed by atoms with Crippen LogP contribution in [0.25, 0.3) is 0 Å². The van der Waals surface area contributed by atoms with Crippen LogP contribution in [0.1, 0.15) is 24.4 Å². The minimum absolute atomic E-state index is 0.00742. The molecule has 2 heterocycles. The average molecular weight is 303 g/mol. The quantitative estimate of drug-likeness (QED) is 0.845. The van der Waals surface area contributed by atoms with Gasteiger partial charge in [-0.15, -0.1) is 0 Å². The molecular weight excluding hydrogens is 282 g/mol. The van der Waals surface area contributed by atoms with E-state index in [0.29, 0.717) is 19.7 Å². The summed E-state index contributed by atoms with van der Waals surface area (Å²) in [5.41, 5.74) is 6.34. The summed E-state index contributed by atoms with van der Waals surface area (Å²) >= 11 is 0. The Hall–Kier alpha value is -2.08. The van der Waals surface area contributed by atoms with Crippen molar-refractivity contribution in [1.82, 2.24) is 10.2 Å². The van der Waals surface area contributed by atoms with Crippen molar-refractivity contribution in [3.8, 4) is 5.75 Å². The summed E-state index contributed by atoms with van der Waals surface area (Å²) < 4.78 is 5.60. The number of amides is 2. The van der Waals surface area contributed by atoms with Gasteiger partial charge in [0, 0.05) is 18.5 Å². The first kappa shape index (κ1) is 14.8. The third kappa shape index (κ3) is 3.22. The number of nitrogens with zero attached hydrogens (tertiary/aromatic N) is 1. The Kier molecular flexibility index (Phi) is 4.29. The van der Waals surface area contributed by atoms with E-state index in [9.17, 15) is 9.59 Å². The molecule has 0 aliphatic carbocycles. The Morgan fingerprint density at radius 2 is 2.14 bits per heavy atom. The van der Waals surface area contributed by atoms with Crippen LogP contribution in [-0.4, -0.2) is 43.0 Å². The smallest absolute Gasteiger partial charge is 0.234 e. The summed E-state index contributed by atoms with van der Waals surface area (Å²) in [6.45, 7) is 2.23. The summed E-state index contributed by atoms with van der Waals surface area (Å²) in [4.78, 5) is 25.4. The van der Waals surface area contributed by atoms with Crippen LogP contribution in [0.2, 0.25) is 0 Å². The molecule has 3 rings (SSSR count). The van der Waals surface area contributed by atoms with Gasteiger partial charge in [0.25, 0.3) is 0 Å². The first-order valence-electron chi connectivity index (χ1n) is 7.66. The lowest BCUT2D eigenvalue weighted by Crippen LogP contribution is -2.39. The van der Waals surface area contributed by atoms with Crippen LogP contribution in [-0.2, 0) is 9.59 Å². The lowest BCUT2D eigenvalue weighted by molar-refractivity contribution is -0.124. The Morgan fingerprint density at radius 1 is 1.32 bits per heavy atom. The van der Waals surface area contributed by atoms with Crippen LogP contribution in [0.4, 0.5) is 0 Å². The van der Waals surface area contributed by atoms with Gasteiger partial charge in [-0.2, -0.15) is 0 Å². The topological polar surface area (TPSA) is 84.7 Å². The number of rotatable bonds is 4. The summed E-state index contributed by atoms with van der Waals surface area (Å²) in [5, 5.41) is 3.07. The van der Waals surface area contributed by atoms with Gasteiger partial charge in [-0.25, -0.2) is 0 Å². The zero-order chi connectivity index (χ0) is 15.5. The van der Waals surface area contributed by atoms with Crippen LogP contribution in [0.3, 0.4) is 0 Å². The molecule has 1 aromatic carbocycles. The molecule has 1 saturated heterocycles. The molecule has 1 fully saturated rings. The first-order valence-corrected chi connectivity index (χ1v) is 7.66. The molecule has 118 valence electrons. The van der Waals surface area contributed by atoms with Crippen LogP contribution in [0.5, 0.6) is 5.75 Å². The van der Waals surface area contributed by atoms with Gasteiger partial charge < -0.3 is 15.8 Å². The lowest BCUT2D eigenvalue weighted by atomic mass is 10.0. The van der Waals surface area contributed by atoms with Crippen LogP contribution in [0, 0.1) is 5.92 Å². The predicted molar refractivity (Wildman–Crippen MR) is 81.2 cm³/mol. The van der Waals surface area contributed by atoms with E-state index < -0.39 is 0 Å². The number of carbonyl (C=O) groups is 2. The third-order valence-corrected chi connectivity index (χ3v) is 4.34. The van der Waals surface area contributed by atoms with Crippen molar-refractivity contribution < 1.29 is 14.3 Å². The van der Waals surface area contributed by atoms with E-state index in [2.05, 4.69) is 5.32 Å². The van der Waals surface area contributed by atoms with E-state index in [0.717, 1.165) is 30.7 Å². The van der Waals surface area contributed by atoms with Gasteiger partial charge in [-0.3, -0.25) is 14.5 Å². The number of hydrogen-bond acceptors (Lipinski definition) is 4. The second-order valence-electron chi connectivity index (χ2n) is 5.92. The number of nitrogens with two attached hydrogens (primary N) is 1. The number of nitrogens with one attached hydrogen (secondary N) is 1. The van der Waals surface area contributed by atoms with E-state index in [1.807, 2.05) is 29.2 Å². The molecule has 6 heteroatoms. The fourth-order valence-electron chi connectivity index (χ4n) is 3.14. The number of carbonyl (C=O) groups excluding carboxylic acids is 2. The minimum Gasteiger partial charge on any atom is -0.493 e. The standard InChI is InChI=1S/C16H21N3O3/c17-16(21)11-5-7-19(9-11)10-15(20)18-13-6-8-22-14-4-2-1-3-12(13)14/h1-4,11,13H,5-10H2,(H2,17,21)(H,18,20)/t11-,13+/m1/s1. The first-order chi connectivity index (χ1) is 10.6. The van der Waals surface area contributed by atoms with Crippen molar-refractivity contribution in [2.45, 2.75) is 18.9 Å². The monoisotopic (exact) mass is 303 g/mol. The highest BCUT2D eigenvalue weighted by Gasteiger charge is 2.29. The second kappa shape index (κ2) is 6.36. The highest BCUT2D eigenvalue weighted by Crippen LogP contribution is 2.31. The fraction of sp³-hybridized carbons (Fsp3) is 0.500. The molecule has 2 aliphatic rings. The van der Waals surface area contributed by atoms with Crippen molar-refractivity contribution in [2.75, 3.05) is 26.2 Å². The maximum atomic E-state index is 12.2. The molecular formula is C16H21N3O3. The van der Waals surface area contributed by atoms with Gasteiger partial charge in [-0.1, -0.05) is 18.2 Å². The van der Waals surface area contributed by atoms with Gasteiger partial charge in [0.15, 0.2) is 0 Å². The van der Waals surface area contributed by atoms with E-state index >= 15 is 0 Å². The lowest BCUT2D eigenvalue weighted by Gasteiger charge is -2.27. The molecule has 1 aromatic rings. The van der Waals surface area contributed by atoms with Crippen LogP contribution in [0.15, 0.2) is 24.3 Å². The zero-order valence-electron chi connectivity index (χ0n) is 12.5. The van der Waals surface area contributed by atoms with Crippen LogP contribution >= 0.6 is 0 Å². The molecule has 2 amide bonds. The fourth-order valence-corrected chi connectivity index (χ4v) is 3.14. The Labute approximate surface area is 129 Å². The Balaban J connectivity index is 1.56. The molecule has 0 aromatic heterocycles. The Bertz CT molecular complexity index is 576. The maximum Gasteiger partial charge on any atom is 0.234 e. The molecule has 2 atom stereocenters. The van der Waals surface area contributed by atoms with Crippen molar-refractivity contribution in [3.05, 3.63) is 29.8 Å². The van der Waals surface area contributed by atoms with E-state index in [4.69, 9.17) is 10.5 Å².